The summed E-state index contributed by atoms with van der Waals surface area (Å²) in [5, 5.41) is 21.9. The van der Waals surface area contributed by atoms with Crippen LogP contribution in [0.5, 0.6) is 0 Å². The second kappa shape index (κ2) is 5.74. The fourth-order valence-electron chi connectivity index (χ4n) is 1.15. The zero-order valence-electron chi connectivity index (χ0n) is 9.01. The monoisotopic (exact) mass is 302 g/mol. The van der Waals surface area contributed by atoms with Gasteiger partial charge in [0.1, 0.15) is 0 Å². The number of nitrogens with zero attached hydrogens (tertiary/aromatic N) is 1. The molecule has 92 valence electrons. The van der Waals surface area contributed by atoms with E-state index >= 15 is 0 Å². The number of nitrogens with one attached hydrogen (secondary N) is 1. The van der Waals surface area contributed by atoms with Crippen molar-refractivity contribution in [3.8, 4) is 0 Å². The minimum atomic E-state index is -0.571. The lowest BCUT2D eigenvalue weighted by Gasteiger charge is -2.11. The van der Waals surface area contributed by atoms with E-state index in [-0.39, 0.29) is 17.9 Å². The summed E-state index contributed by atoms with van der Waals surface area (Å²) >= 11 is 3.15. The van der Waals surface area contributed by atoms with Crippen LogP contribution in [-0.2, 0) is 0 Å². The van der Waals surface area contributed by atoms with E-state index in [0.717, 1.165) is 0 Å². The first-order valence-corrected chi connectivity index (χ1v) is 5.60. The largest absolute Gasteiger partial charge is 0.394 e. The second-order valence-electron chi connectivity index (χ2n) is 3.48. The standard InChI is InChI=1S/C10H11BrN2O4/c1-6(5-14)12-10(15)8-4-7(13(16)17)2-3-9(8)11/h2-4,6,14H,5H2,1H3,(H,12,15). The Balaban J connectivity index is 3.00. The maximum absolute atomic E-state index is 11.7. The van der Waals surface area contributed by atoms with Gasteiger partial charge in [-0.05, 0) is 28.9 Å². The smallest absolute Gasteiger partial charge is 0.270 e. The van der Waals surface area contributed by atoms with Crippen LogP contribution in [0.25, 0.3) is 0 Å². The minimum Gasteiger partial charge on any atom is -0.394 e. The highest BCUT2D eigenvalue weighted by atomic mass is 79.9. The summed E-state index contributed by atoms with van der Waals surface area (Å²) in [6.45, 7) is 1.43. The number of aliphatic hydroxyl groups is 1. The first kappa shape index (κ1) is 13.6. The molecule has 1 rings (SSSR count). The quantitative estimate of drug-likeness (QED) is 0.650. The molecule has 7 heteroatoms. The van der Waals surface area contributed by atoms with Crippen molar-refractivity contribution < 1.29 is 14.8 Å². The normalized spacial score (nSPS) is 11.9. The number of benzene rings is 1. The van der Waals surface area contributed by atoms with Gasteiger partial charge in [-0.25, -0.2) is 0 Å². The Hall–Kier alpha value is -1.47. The molecule has 1 aromatic rings. The van der Waals surface area contributed by atoms with Crippen LogP contribution in [0.1, 0.15) is 17.3 Å². The zero-order chi connectivity index (χ0) is 13.0. The van der Waals surface area contributed by atoms with Gasteiger partial charge in [0.05, 0.1) is 17.1 Å². The molecule has 0 spiro atoms. The number of aliphatic hydroxyl groups excluding tert-OH is 1. The van der Waals surface area contributed by atoms with Crippen LogP contribution in [0, 0.1) is 10.1 Å². The molecule has 0 radical (unpaired) electrons. The third-order valence-corrected chi connectivity index (χ3v) is 2.75. The molecule has 1 unspecified atom stereocenters. The highest BCUT2D eigenvalue weighted by Gasteiger charge is 2.16. The van der Waals surface area contributed by atoms with Gasteiger partial charge in [-0.3, -0.25) is 14.9 Å². The molecule has 1 aromatic carbocycles. The molecule has 0 fully saturated rings. The van der Waals surface area contributed by atoms with Gasteiger partial charge in [0.25, 0.3) is 11.6 Å². The summed E-state index contributed by atoms with van der Waals surface area (Å²) in [6.07, 6.45) is 0. The number of carbonyl (C=O) groups excluding carboxylic acids is 1. The van der Waals surface area contributed by atoms with Crippen molar-refractivity contribution >= 4 is 27.5 Å². The minimum absolute atomic E-state index is 0.157. The van der Waals surface area contributed by atoms with Crippen molar-refractivity contribution in [3.63, 3.8) is 0 Å². The van der Waals surface area contributed by atoms with Crippen molar-refractivity contribution in [2.45, 2.75) is 13.0 Å². The van der Waals surface area contributed by atoms with Crippen molar-refractivity contribution in [1.82, 2.24) is 5.32 Å². The number of carbonyl (C=O) groups is 1. The number of halogens is 1. The molecule has 0 saturated heterocycles. The number of nitro groups is 1. The lowest BCUT2D eigenvalue weighted by atomic mass is 10.2. The number of hydrogen-bond donors (Lipinski definition) is 2. The molecule has 0 aromatic heterocycles. The summed E-state index contributed by atoms with van der Waals surface area (Å²) < 4.78 is 0.464. The summed E-state index contributed by atoms with van der Waals surface area (Å²) in [5.74, 6) is -0.470. The molecule has 0 bridgehead atoms. The molecule has 17 heavy (non-hydrogen) atoms. The van der Waals surface area contributed by atoms with Crippen molar-refractivity contribution in [3.05, 3.63) is 38.3 Å². The van der Waals surface area contributed by atoms with Crippen LogP contribution < -0.4 is 5.32 Å². The first-order valence-electron chi connectivity index (χ1n) is 4.81. The maximum Gasteiger partial charge on any atom is 0.270 e. The molecular weight excluding hydrogens is 292 g/mol. The average molecular weight is 303 g/mol. The van der Waals surface area contributed by atoms with Gasteiger partial charge in [0.2, 0.25) is 0 Å². The van der Waals surface area contributed by atoms with E-state index in [9.17, 15) is 14.9 Å². The lowest BCUT2D eigenvalue weighted by Crippen LogP contribution is -2.35. The van der Waals surface area contributed by atoms with Gasteiger partial charge in [-0.2, -0.15) is 0 Å². The second-order valence-corrected chi connectivity index (χ2v) is 4.33. The molecule has 2 N–H and O–H groups in total. The zero-order valence-corrected chi connectivity index (χ0v) is 10.6. The molecular formula is C10H11BrN2O4. The Morgan fingerprint density at radius 2 is 2.29 bits per heavy atom. The average Bonchev–Trinajstić information content (AvgIpc) is 2.28. The predicted molar refractivity (Wildman–Crippen MR) is 64.8 cm³/mol. The highest BCUT2D eigenvalue weighted by Crippen LogP contribution is 2.22. The maximum atomic E-state index is 11.7. The fourth-order valence-corrected chi connectivity index (χ4v) is 1.57. The SMILES string of the molecule is CC(CO)NC(=O)c1cc([N+](=O)[O-])ccc1Br. The van der Waals surface area contributed by atoms with Gasteiger partial charge in [0.15, 0.2) is 0 Å². The molecule has 0 aliphatic heterocycles. The number of amides is 1. The number of hydrogen-bond acceptors (Lipinski definition) is 4. The van der Waals surface area contributed by atoms with Crippen LogP contribution >= 0.6 is 15.9 Å². The van der Waals surface area contributed by atoms with E-state index in [1.54, 1.807) is 6.92 Å². The fraction of sp³-hybridized carbons (Fsp3) is 0.300. The first-order chi connectivity index (χ1) is 7.95. The van der Waals surface area contributed by atoms with Crippen molar-refractivity contribution in [2.75, 3.05) is 6.61 Å². The van der Waals surface area contributed by atoms with Gasteiger partial charge in [0, 0.05) is 22.6 Å². The molecule has 0 saturated carbocycles. The molecule has 1 amide bonds. The highest BCUT2D eigenvalue weighted by molar-refractivity contribution is 9.10. The Morgan fingerprint density at radius 1 is 1.65 bits per heavy atom. The Labute approximate surface area is 106 Å². The predicted octanol–water partition coefficient (Wildman–Crippen LogP) is 1.47. The van der Waals surface area contributed by atoms with E-state index in [0.29, 0.717) is 4.47 Å². The van der Waals surface area contributed by atoms with Crippen LogP contribution in [0.15, 0.2) is 22.7 Å². The lowest BCUT2D eigenvalue weighted by molar-refractivity contribution is -0.384. The van der Waals surface area contributed by atoms with Gasteiger partial charge >= 0.3 is 0 Å². The van der Waals surface area contributed by atoms with E-state index in [1.165, 1.54) is 18.2 Å². The summed E-state index contributed by atoms with van der Waals surface area (Å²) in [5.41, 5.74) is 0.00880. The van der Waals surface area contributed by atoms with E-state index in [4.69, 9.17) is 5.11 Å². The summed E-state index contributed by atoms with van der Waals surface area (Å²) in [7, 11) is 0. The Morgan fingerprint density at radius 3 is 2.82 bits per heavy atom. The molecule has 0 aliphatic rings. The molecule has 0 heterocycles. The number of rotatable bonds is 4. The third kappa shape index (κ3) is 3.50. The van der Waals surface area contributed by atoms with Crippen molar-refractivity contribution in [1.29, 1.82) is 0 Å². The van der Waals surface area contributed by atoms with E-state index in [2.05, 4.69) is 21.2 Å². The Kier molecular flexibility index (Phi) is 4.59. The molecule has 6 nitrogen and oxygen atoms in total. The van der Waals surface area contributed by atoms with E-state index in [1.807, 2.05) is 0 Å². The van der Waals surface area contributed by atoms with Crippen molar-refractivity contribution in [2.24, 2.45) is 0 Å². The van der Waals surface area contributed by atoms with Gasteiger partial charge in [-0.15, -0.1) is 0 Å². The Bertz CT molecular complexity index is 450. The topological polar surface area (TPSA) is 92.5 Å². The van der Waals surface area contributed by atoms with Gasteiger partial charge in [-0.1, -0.05) is 0 Å². The van der Waals surface area contributed by atoms with Crippen LogP contribution in [0.3, 0.4) is 0 Å². The third-order valence-electron chi connectivity index (χ3n) is 2.06. The number of nitro benzene ring substituents is 1. The van der Waals surface area contributed by atoms with Crippen LogP contribution in [0.4, 0.5) is 5.69 Å². The molecule has 0 aliphatic carbocycles. The van der Waals surface area contributed by atoms with Crippen LogP contribution in [-0.4, -0.2) is 28.6 Å². The van der Waals surface area contributed by atoms with Gasteiger partial charge < -0.3 is 10.4 Å². The summed E-state index contributed by atoms with van der Waals surface area (Å²) in [6, 6.07) is 3.52. The number of non-ortho nitro benzene ring substituents is 1. The van der Waals surface area contributed by atoms with E-state index < -0.39 is 16.9 Å². The van der Waals surface area contributed by atoms with Crippen LogP contribution in [0.2, 0.25) is 0 Å². The molecule has 1 atom stereocenters. The summed E-state index contributed by atoms with van der Waals surface area (Å²) in [4.78, 5) is 21.7.